The summed E-state index contributed by atoms with van der Waals surface area (Å²) >= 11 is 3.31. The highest BCUT2D eigenvalue weighted by molar-refractivity contribution is 9.10. The van der Waals surface area contributed by atoms with Gasteiger partial charge in [-0.25, -0.2) is 0 Å². The predicted octanol–water partition coefficient (Wildman–Crippen LogP) is 3.21. The van der Waals surface area contributed by atoms with E-state index < -0.39 is 0 Å². The number of carbonyl (C=O) groups is 1. The number of hydrogen-bond donors (Lipinski definition) is 0. The zero-order valence-corrected chi connectivity index (χ0v) is 8.34. The van der Waals surface area contributed by atoms with E-state index in [4.69, 9.17) is 0 Å². The van der Waals surface area contributed by atoms with Gasteiger partial charge in [0.05, 0.1) is 0 Å². The van der Waals surface area contributed by atoms with Gasteiger partial charge in [0, 0.05) is 10.0 Å². The lowest BCUT2D eigenvalue weighted by Gasteiger charge is -1.95. The fraction of sp³-hybridized carbons (Fsp3) is 0.100. The van der Waals surface area contributed by atoms with Crippen molar-refractivity contribution in [1.82, 2.24) is 0 Å². The number of halogens is 1. The zero-order chi connectivity index (χ0) is 8.97. The van der Waals surface area contributed by atoms with Crippen molar-refractivity contribution in [3.8, 4) is 0 Å². The average molecular weight is 225 g/mol. The molecule has 0 heterocycles. The van der Waals surface area contributed by atoms with Crippen molar-refractivity contribution in [2.45, 2.75) is 6.92 Å². The SMILES string of the molecule is C/C=C/C(=O)c1cccc(Br)c1. The summed E-state index contributed by atoms with van der Waals surface area (Å²) in [6.07, 6.45) is 3.30. The van der Waals surface area contributed by atoms with Crippen molar-refractivity contribution in [3.63, 3.8) is 0 Å². The first-order chi connectivity index (χ1) is 5.74. The summed E-state index contributed by atoms with van der Waals surface area (Å²) < 4.78 is 0.929. The largest absolute Gasteiger partial charge is 0.289 e. The second-order valence-corrected chi connectivity index (χ2v) is 3.29. The van der Waals surface area contributed by atoms with Crippen LogP contribution in [-0.2, 0) is 0 Å². The van der Waals surface area contributed by atoms with Crippen molar-refractivity contribution in [3.05, 3.63) is 46.5 Å². The molecule has 12 heavy (non-hydrogen) atoms. The van der Waals surface area contributed by atoms with Gasteiger partial charge in [0.25, 0.3) is 0 Å². The number of carbonyl (C=O) groups excluding carboxylic acids is 1. The first-order valence-corrected chi connectivity index (χ1v) is 4.46. The molecule has 62 valence electrons. The maximum Gasteiger partial charge on any atom is 0.185 e. The normalized spacial score (nSPS) is 10.5. The molecular weight excluding hydrogens is 216 g/mol. The van der Waals surface area contributed by atoms with Gasteiger partial charge in [-0.05, 0) is 25.1 Å². The van der Waals surface area contributed by atoms with Gasteiger partial charge in [-0.15, -0.1) is 0 Å². The maximum absolute atomic E-state index is 11.3. The van der Waals surface area contributed by atoms with Crippen LogP contribution in [0, 0.1) is 0 Å². The van der Waals surface area contributed by atoms with E-state index >= 15 is 0 Å². The van der Waals surface area contributed by atoms with E-state index in [1.54, 1.807) is 18.2 Å². The maximum atomic E-state index is 11.3. The number of ketones is 1. The molecule has 1 nitrogen and oxygen atoms in total. The lowest BCUT2D eigenvalue weighted by molar-refractivity contribution is 0.104. The molecular formula is C10H9BrO. The Morgan fingerprint density at radius 3 is 2.83 bits per heavy atom. The first kappa shape index (κ1) is 9.20. The average Bonchev–Trinajstić information content (AvgIpc) is 2.05. The minimum atomic E-state index is 0.0406. The number of benzene rings is 1. The van der Waals surface area contributed by atoms with E-state index in [-0.39, 0.29) is 5.78 Å². The van der Waals surface area contributed by atoms with Gasteiger partial charge in [-0.3, -0.25) is 4.79 Å². The minimum absolute atomic E-state index is 0.0406. The molecule has 0 amide bonds. The summed E-state index contributed by atoms with van der Waals surface area (Å²) in [5.41, 5.74) is 0.711. The van der Waals surface area contributed by atoms with Crippen LogP contribution in [0.1, 0.15) is 17.3 Å². The molecule has 0 N–H and O–H groups in total. The van der Waals surface area contributed by atoms with Gasteiger partial charge >= 0.3 is 0 Å². The summed E-state index contributed by atoms with van der Waals surface area (Å²) in [6, 6.07) is 7.35. The molecule has 0 radical (unpaired) electrons. The lowest BCUT2D eigenvalue weighted by atomic mass is 10.1. The Hall–Kier alpha value is -0.890. The Morgan fingerprint density at radius 2 is 2.25 bits per heavy atom. The molecule has 0 aliphatic rings. The molecule has 0 spiro atoms. The van der Waals surface area contributed by atoms with Crippen molar-refractivity contribution >= 4 is 21.7 Å². The summed E-state index contributed by atoms with van der Waals surface area (Å²) in [7, 11) is 0. The molecule has 0 saturated carbocycles. The number of hydrogen-bond acceptors (Lipinski definition) is 1. The summed E-state index contributed by atoms with van der Waals surface area (Å²) in [6.45, 7) is 1.83. The van der Waals surface area contributed by atoms with E-state index in [0.717, 1.165) is 4.47 Å². The molecule has 1 aromatic carbocycles. The van der Waals surface area contributed by atoms with E-state index in [2.05, 4.69) is 15.9 Å². The highest BCUT2D eigenvalue weighted by atomic mass is 79.9. The molecule has 2 heteroatoms. The van der Waals surface area contributed by atoms with Crippen LogP contribution in [0.4, 0.5) is 0 Å². The quantitative estimate of drug-likeness (QED) is 0.557. The van der Waals surface area contributed by atoms with E-state index in [1.807, 2.05) is 25.1 Å². The summed E-state index contributed by atoms with van der Waals surface area (Å²) in [4.78, 5) is 11.3. The molecule has 0 unspecified atom stereocenters. The fourth-order valence-electron chi connectivity index (χ4n) is 0.889. The standard InChI is InChI=1S/C10H9BrO/c1-2-4-10(12)8-5-3-6-9(11)7-8/h2-7H,1H3/b4-2+. The molecule has 0 aliphatic carbocycles. The zero-order valence-electron chi connectivity index (χ0n) is 6.75. The third-order valence-electron chi connectivity index (χ3n) is 1.43. The number of allylic oxidation sites excluding steroid dienone is 2. The van der Waals surface area contributed by atoms with Gasteiger partial charge in [0.15, 0.2) is 5.78 Å². The van der Waals surface area contributed by atoms with Crippen molar-refractivity contribution in [1.29, 1.82) is 0 Å². The Bertz CT molecular complexity index is 315. The van der Waals surface area contributed by atoms with Gasteiger partial charge in [0.2, 0.25) is 0 Å². The molecule has 1 rings (SSSR count). The Morgan fingerprint density at radius 1 is 1.50 bits per heavy atom. The molecule has 1 aromatic rings. The van der Waals surface area contributed by atoms with Crippen LogP contribution < -0.4 is 0 Å². The molecule has 0 saturated heterocycles. The van der Waals surface area contributed by atoms with Gasteiger partial charge in [0.1, 0.15) is 0 Å². The van der Waals surface area contributed by atoms with Crippen molar-refractivity contribution in [2.24, 2.45) is 0 Å². The van der Waals surface area contributed by atoms with Crippen LogP contribution in [0.3, 0.4) is 0 Å². The molecule has 0 bridgehead atoms. The van der Waals surface area contributed by atoms with Crippen LogP contribution in [0.5, 0.6) is 0 Å². The van der Waals surface area contributed by atoms with Crippen molar-refractivity contribution in [2.75, 3.05) is 0 Å². The summed E-state index contributed by atoms with van der Waals surface area (Å²) in [5.74, 6) is 0.0406. The van der Waals surface area contributed by atoms with E-state index in [9.17, 15) is 4.79 Å². The molecule has 0 atom stereocenters. The van der Waals surface area contributed by atoms with Crippen LogP contribution in [0.15, 0.2) is 40.9 Å². The second-order valence-electron chi connectivity index (χ2n) is 2.37. The third-order valence-corrected chi connectivity index (χ3v) is 1.92. The van der Waals surface area contributed by atoms with Gasteiger partial charge in [-0.1, -0.05) is 34.1 Å². The Kier molecular flexibility index (Phi) is 3.23. The highest BCUT2D eigenvalue weighted by Gasteiger charge is 1.99. The van der Waals surface area contributed by atoms with Gasteiger partial charge in [-0.2, -0.15) is 0 Å². The fourth-order valence-corrected chi connectivity index (χ4v) is 1.29. The Labute approximate surface area is 80.2 Å². The van der Waals surface area contributed by atoms with Gasteiger partial charge < -0.3 is 0 Å². The summed E-state index contributed by atoms with van der Waals surface area (Å²) in [5, 5.41) is 0. The van der Waals surface area contributed by atoms with Crippen LogP contribution in [0.25, 0.3) is 0 Å². The van der Waals surface area contributed by atoms with E-state index in [0.29, 0.717) is 5.56 Å². The number of rotatable bonds is 2. The third kappa shape index (κ3) is 2.31. The second kappa shape index (κ2) is 4.21. The van der Waals surface area contributed by atoms with Crippen LogP contribution in [0.2, 0.25) is 0 Å². The first-order valence-electron chi connectivity index (χ1n) is 3.66. The molecule has 0 aliphatic heterocycles. The lowest BCUT2D eigenvalue weighted by Crippen LogP contribution is -1.92. The highest BCUT2D eigenvalue weighted by Crippen LogP contribution is 2.12. The van der Waals surface area contributed by atoms with E-state index in [1.165, 1.54) is 0 Å². The topological polar surface area (TPSA) is 17.1 Å². The smallest absolute Gasteiger partial charge is 0.185 e. The predicted molar refractivity (Wildman–Crippen MR) is 53.3 cm³/mol. The Balaban J connectivity index is 2.96. The van der Waals surface area contributed by atoms with Crippen LogP contribution >= 0.6 is 15.9 Å². The monoisotopic (exact) mass is 224 g/mol. The van der Waals surface area contributed by atoms with Crippen LogP contribution in [-0.4, -0.2) is 5.78 Å². The molecule has 0 fully saturated rings. The minimum Gasteiger partial charge on any atom is -0.289 e. The van der Waals surface area contributed by atoms with Crippen molar-refractivity contribution < 1.29 is 4.79 Å². The molecule has 0 aromatic heterocycles.